The fourth-order valence-electron chi connectivity index (χ4n) is 3.19. The molecule has 1 aliphatic rings. The Morgan fingerprint density at radius 3 is 2.35 bits per heavy atom. The number of nitrogens with one attached hydrogen (secondary N) is 3. The van der Waals surface area contributed by atoms with Crippen LogP contribution in [0.25, 0.3) is 0 Å². The second-order valence-corrected chi connectivity index (χ2v) is 7.12. The summed E-state index contributed by atoms with van der Waals surface area (Å²) >= 11 is 5.94. The minimum atomic E-state index is -0.0340. The van der Waals surface area contributed by atoms with E-state index < -0.39 is 0 Å². The molecule has 3 N–H and O–H groups in total. The molecule has 1 saturated heterocycles. The molecule has 1 fully saturated rings. The van der Waals surface area contributed by atoms with Crippen LogP contribution in [-0.2, 0) is 11.3 Å². The minimum Gasteiger partial charge on any atom is -0.322 e. The van der Waals surface area contributed by atoms with E-state index in [9.17, 15) is 4.79 Å². The molecule has 0 bridgehead atoms. The van der Waals surface area contributed by atoms with E-state index in [0.29, 0.717) is 6.54 Å². The fourth-order valence-corrected chi connectivity index (χ4v) is 3.31. The third kappa shape index (κ3) is 5.95. The van der Waals surface area contributed by atoms with Crippen molar-refractivity contribution in [3.05, 3.63) is 70.7 Å². The average Bonchev–Trinajstić information content (AvgIpc) is 2.66. The molecule has 5 nitrogen and oxygen atoms in total. The number of rotatable bonds is 6. The lowest BCUT2D eigenvalue weighted by Crippen LogP contribution is -3.28. The summed E-state index contributed by atoms with van der Waals surface area (Å²) in [5, 5.41) is 4.81. The Morgan fingerprint density at radius 2 is 1.65 bits per heavy atom. The maximum atomic E-state index is 12.0. The molecule has 1 aliphatic heterocycles. The predicted octanol–water partition coefficient (Wildman–Crippen LogP) is -0.226. The van der Waals surface area contributed by atoms with E-state index in [0.717, 1.165) is 43.3 Å². The van der Waals surface area contributed by atoms with Crippen LogP contribution >= 0.6 is 11.6 Å². The highest BCUT2D eigenvalue weighted by molar-refractivity contribution is 6.30. The summed E-state index contributed by atoms with van der Waals surface area (Å²) in [6.07, 6.45) is 1.67. The largest absolute Gasteiger partial charge is 0.322 e. The van der Waals surface area contributed by atoms with E-state index in [1.807, 2.05) is 42.5 Å². The lowest BCUT2D eigenvalue weighted by atomic mass is 10.2. The lowest BCUT2D eigenvalue weighted by molar-refractivity contribution is -1.02. The van der Waals surface area contributed by atoms with Crippen molar-refractivity contribution in [2.75, 3.05) is 32.7 Å². The topological polar surface area (TPSA) is 50.3 Å². The van der Waals surface area contributed by atoms with Gasteiger partial charge in [0.25, 0.3) is 5.91 Å². The normalized spacial score (nSPS) is 20.2. The molecule has 3 rings (SSSR count). The number of quaternary nitrogens is 2. The first kappa shape index (κ1) is 18.6. The van der Waals surface area contributed by atoms with Crippen molar-refractivity contribution < 1.29 is 14.6 Å². The van der Waals surface area contributed by atoms with Crippen LogP contribution in [0.15, 0.2) is 59.7 Å². The zero-order valence-electron chi connectivity index (χ0n) is 14.7. The van der Waals surface area contributed by atoms with Gasteiger partial charge in [0.2, 0.25) is 0 Å². The number of halogens is 1. The van der Waals surface area contributed by atoms with E-state index in [4.69, 9.17) is 11.6 Å². The number of carbonyl (C=O) groups excluding carboxylic acids is 1. The average molecular weight is 373 g/mol. The van der Waals surface area contributed by atoms with Gasteiger partial charge >= 0.3 is 0 Å². The molecule has 0 saturated carbocycles. The van der Waals surface area contributed by atoms with Gasteiger partial charge in [-0.1, -0.05) is 54.1 Å². The molecular formula is C20H25ClN4O+2. The van der Waals surface area contributed by atoms with Crippen LogP contribution in [0.5, 0.6) is 0 Å². The first-order valence-corrected chi connectivity index (χ1v) is 9.35. The quantitative estimate of drug-likeness (QED) is 0.476. The summed E-state index contributed by atoms with van der Waals surface area (Å²) in [6, 6.07) is 17.8. The number of hydrogen-bond donors (Lipinski definition) is 3. The summed E-state index contributed by atoms with van der Waals surface area (Å²) in [6.45, 7) is 5.62. The Labute approximate surface area is 159 Å². The van der Waals surface area contributed by atoms with Crippen molar-refractivity contribution in [1.29, 1.82) is 0 Å². The van der Waals surface area contributed by atoms with E-state index in [1.165, 1.54) is 10.5 Å². The zero-order valence-corrected chi connectivity index (χ0v) is 15.5. The van der Waals surface area contributed by atoms with Gasteiger partial charge in [-0.3, -0.25) is 4.79 Å². The van der Waals surface area contributed by atoms with Gasteiger partial charge in [-0.25, -0.2) is 5.43 Å². The second kappa shape index (κ2) is 9.48. The number of benzene rings is 2. The fraction of sp³-hybridized carbons (Fsp3) is 0.300. The van der Waals surface area contributed by atoms with Gasteiger partial charge in [-0.15, -0.1) is 0 Å². The first-order chi connectivity index (χ1) is 12.7. The van der Waals surface area contributed by atoms with Gasteiger partial charge in [0.1, 0.15) is 32.7 Å². The monoisotopic (exact) mass is 372 g/mol. The van der Waals surface area contributed by atoms with Crippen LogP contribution in [0.4, 0.5) is 0 Å². The summed E-state index contributed by atoms with van der Waals surface area (Å²) in [5.74, 6) is -0.0340. The van der Waals surface area contributed by atoms with Gasteiger partial charge in [0, 0.05) is 10.6 Å². The maximum absolute atomic E-state index is 12.0. The molecule has 1 heterocycles. The molecule has 0 atom stereocenters. The number of amides is 1. The molecule has 0 spiro atoms. The summed E-state index contributed by atoms with van der Waals surface area (Å²) in [5.41, 5.74) is 4.90. The van der Waals surface area contributed by atoms with Crippen molar-refractivity contribution in [2.45, 2.75) is 6.54 Å². The van der Waals surface area contributed by atoms with Crippen LogP contribution in [0.2, 0.25) is 5.02 Å². The van der Waals surface area contributed by atoms with Crippen LogP contribution in [0.3, 0.4) is 0 Å². The Balaban J connectivity index is 1.37. The third-order valence-corrected chi connectivity index (χ3v) is 4.90. The Hall–Kier alpha value is -2.21. The molecule has 6 heteroatoms. The van der Waals surface area contributed by atoms with Gasteiger partial charge in [-0.2, -0.15) is 5.10 Å². The molecule has 26 heavy (non-hydrogen) atoms. The maximum Gasteiger partial charge on any atom is 0.295 e. The van der Waals surface area contributed by atoms with Crippen molar-refractivity contribution in [1.82, 2.24) is 5.43 Å². The number of piperazine rings is 1. The van der Waals surface area contributed by atoms with Gasteiger partial charge < -0.3 is 9.80 Å². The molecular weight excluding hydrogens is 348 g/mol. The van der Waals surface area contributed by atoms with E-state index >= 15 is 0 Å². The van der Waals surface area contributed by atoms with Gasteiger partial charge in [-0.05, 0) is 17.7 Å². The predicted molar refractivity (Wildman–Crippen MR) is 104 cm³/mol. The Kier molecular flexibility index (Phi) is 6.77. The molecule has 2 aromatic rings. The number of nitrogens with zero attached hydrogens (tertiary/aromatic N) is 1. The third-order valence-electron chi connectivity index (χ3n) is 4.64. The van der Waals surface area contributed by atoms with Crippen molar-refractivity contribution in [3.63, 3.8) is 0 Å². The molecule has 2 aromatic carbocycles. The summed E-state index contributed by atoms with van der Waals surface area (Å²) in [7, 11) is 0. The number of hydrogen-bond acceptors (Lipinski definition) is 2. The highest BCUT2D eigenvalue weighted by Gasteiger charge is 2.24. The van der Waals surface area contributed by atoms with E-state index in [1.54, 1.807) is 11.1 Å². The number of hydrazone groups is 1. The van der Waals surface area contributed by atoms with E-state index in [-0.39, 0.29) is 5.91 Å². The van der Waals surface area contributed by atoms with E-state index in [2.05, 4.69) is 22.7 Å². The summed E-state index contributed by atoms with van der Waals surface area (Å²) < 4.78 is 0. The van der Waals surface area contributed by atoms with Crippen LogP contribution in [-0.4, -0.2) is 44.8 Å². The smallest absolute Gasteiger partial charge is 0.295 e. The standard InChI is InChI=1S/C20H23ClN4O/c21-19-8-6-18(7-9-19)15-24-10-12-25(13-11-24)16-20(26)23-22-14-17-4-2-1-3-5-17/h1-9,14H,10-13,15-16H2,(H,23,26)/p+2/b22-14-. The lowest BCUT2D eigenvalue weighted by Gasteiger charge is -2.29. The highest BCUT2D eigenvalue weighted by Crippen LogP contribution is 2.08. The zero-order chi connectivity index (χ0) is 18.2. The Bertz CT molecular complexity index is 725. The molecule has 0 unspecified atom stereocenters. The molecule has 136 valence electrons. The van der Waals surface area contributed by atoms with Crippen molar-refractivity contribution >= 4 is 23.7 Å². The molecule has 1 amide bonds. The number of carbonyl (C=O) groups is 1. The SMILES string of the molecule is O=C(C[NH+]1CC[NH+](Cc2ccc(Cl)cc2)CC1)N/N=C\c1ccccc1. The van der Waals surface area contributed by atoms with Crippen molar-refractivity contribution in [3.8, 4) is 0 Å². The Morgan fingerprint density at radius 1 is 1.00 bits per heavy atom. The van der Waals surface area contributed by atoms with Crippen LogP contribution in [0.1, 0.15) is 11.1 Å². The molecule has 0 radical (unpaired) electrons. The first-order valence-electron chi connectivity index (χ1n) is 8.97. The van der Waals surface area contributed by atoms with Crippen molar-refractivity contribution in [2.24, 2.45) is 5.10 Å². The second-order valence-electron chi connectivity index (χ2n) is 6.68. The van der Waals surface area contributed by atoms with Gasteiger partial charge in [0.05, 0.1) is 6.21 Å². The van der Waals surface area contributed by atoms with Crippen LogP contribution < -0.4 is 15.2 Å². The minimum absolute atomic E-state index is 0.0340. The van der Waals surface area contributed by atoms with Crippen LogP contribution in [0, 0.1) is 0 Å². The van der Waals surface area contributed by atoms with Gasteiger partial charge in [0.15, 0.2) is 6.54 Å². The highest BCUT2D eigenvalue weighted by atomic mass is 35.5. The molecule has 0 aromatic heterocycles. The molecule has 0 aliphatic carbocycles. The summed E-state index contributed by atoms with van der Waals surface area (Å²) in [4.78, 5) is 14.9.